The van der Waals surface area contributed by atoms with Crippen LogP contribution in [0.2, 0.25) is 0 Å². The van der Waals surface area contributed by atoms with Crippen molar-refractivity contribution < 1.29 is 18.3 Å². The van der Waals surface area contributed by atoms with Crippen molar-refractivity contribution in [3.8, 4) is 5.75 Å². The lowest BCUT2D eigenvalue weighted by atomic mass is 9.79. The van der Waals surface area contributed by atoms with Gasteiger partial charge in [-0.05, 0) is 35.2 Å². The number of nitrogens with two attached hydrogens (primary N) is 1. The van der Waals surface area contributed by atoms with Gasteiger partial charge >= 0.3 is 6.61 Å². The Morgan fingerprint density at radius 1 is 1.19 bits per heavy atom. The van der Waals surface area contributed by atoms with Gasteiger partial charge < -0.3 is 10.5 Å². The van der Waals surface area contributed by atoms with E-state index in [1.807, 2.05) is 24.3 Å². The molecule has 2 N–H and O–H groups in total. The summed E-state index contributed by atoms with van der Waals surface area (Å²) in [5.41, 5.74) is 6.91. The second-order valence-electron chi connectivity index (χ2n) is 6.35. The van der Waals surface area contributed by atoms with Gasteiger partial charge in [-0.1, -0.05) is 49.7 Å². The summed E-state index contributed by atoms with van der Waals surface area (Å²) in [5, 5.41) is 0. The number of likely N-dealkylation sites (N-methyl/N-ethyl adjacent to an activating group) is 1. The number of amides is 1. The second-order valence-corrected chi connectivity index (χ2v) is 6.35. The zero-order valence-corrected chi connectivity index (χ0v) is 15.2. The van der Waals surface area contributed by atoms with Gasteiger partial charge in [-0.3, -0.25) is 9.69 Å². The van der Waals surface area contributed by atoms with Crippen molar-refractivity contribution in [2.24, 2.45) is 10.7 Å². The summed E-state index contributed by atoms with van der Waals surface area (Å²) in [6, 6.07) is 13.6. The van der Waals surface area contributed by atoms with Crippen molar-refractivity contribution in [3.05, 3.63) is 65.2 Å². The maximum Gasteiger partial charge on any atom is 0.387 e. The third-order valence-corrected chi connectivity index (χ3v) is 4.66. The molecule has 142 valence electrons. The van der Waals surface area contributed by atoms with Gasteiger partial charge in [-0.2, -0.15) is 8.78 Å². The SMILES string of the molecule is CCCc1ccccc1C1(c2ccc(OC(F)F)cc2)N=C(N)N(C)C1=O. The Morgan fingerprint density at radius 2 is 1.85 bits per heavy atom. The number of ether oxygens (including phenoxy) is 1. The van der Waals surface area contributed by atoms with Crippen molar-refractivity contribution in [1.82, 2.24) is 4.90 Å². The predicted octanol–water partition coefficient (Wildman–Crippen LogP) is 3.27. The molecule has 1 aliphatic rings. The summed E-state index contributed by atoms with van der Waals surface area (Å²) in [7, 11) is 1.57. The average molecular weight is 373 g/mol. The minimum absolute atomic E-state index is 0.0153. The number of hydrogen-bond donors (Lipinski definition) is 1. The van der Waals surface area contributed by atoms with E-state index in [9.17, 15) is 13.6 Å². The van der Waals surface area contributed by atoms with Crippen LogP contribution in [0.4, 0.5) is 8.78 Å². The van der Waals surface area contributed by atoms with Gasteiger partial charge in [-0.25, -0.2) is 4.99 Å². The molecule has 0 aromatic heterocycles. The molecule has 0 spiro atoms. The maximum atomic E-state index is 13.2. The monoisotopic (exact) mass is 373 g/mol. The van der Waals surface area contributed by atoms with Crippen LogP contribution in [0.3, 0.4) is 0 Å². The minimum Gasteiger partial charge on any atom is -0.435 e. The van der Waals surface area contributed by atoms with Crippen LogP contribution >= 0.6 is 0 Å². The number of aliphatic imine (C=N–C) groups is 1. The van der Waals surface area contributed by atoms with Crippen LogP contribution in [0.25, 0.3) is 0 Å². The Morgan fingerprint density at radius 3 is 2.41 bits per heavy atom. The van der Waals surface area contributed by atoms with Crippen molar-refractivity contribution in [1.29, 1.82) is 0 Å². The molecule has 0 bridgehead atoms. The first kappa shape index (κ1) is 18.8. The number of carbonyl (C=O) groups excluding carboxylic acids is 1. The number of carbonyl (C=O) groups is 1. The topological polar surface area (TPSA) is 67.9 Å². The third kappa shape index (κ3) is 3.25. The Balaban J connectivity index is 2.18. The number of alkyl halides is 2. The molecule has 0 aliphatic carbocycles. The summed E-state index contributed by atoms with van der Waals surface area (Å²) in [5.74, 6) is -0.160. The summed E-state index contributed by atoms with van der Waals surface area (Å²) < 4.78 is 29.3. The van der Waals surface area contributed by atoms with Gasteiger partial charge in [0.05, 0.1) is 0 Å². The number of rotatable bonds is 6. The van der Waals surface area contributed by atoms with Gasteiger partial charge in [0, 0.05) is 7.05 Å². The summed E-state index contributed by atoms with van der Waals surface area (Å²) in [6.07, 6.45) is 1.68. The first-order chi connectivity index (χ1) is 12.9. The van der Waals surface area contributed by atoms with E-state index < -0.39 is 12.2 Å². The van der Waals surface area contributed by atoms with E-state index >= 15 is 0 Å². The number of hydrogen-bond acceptors (Lipinski definition) is 4. The molecule has 0 fully saturated rings. The number of aryl methyl sites for hydroxylation is 1. The smallest absolute Gasteiger partial charge is 0.387 e. The standard InChI is InChI=1S/C20H21F2N3O2/c1-3-6-13-7-4-5-8-16(13)20(17(26)25(2)19(23)24-20)14-9-11-15(12-10-14)27-18(21)22/h4-5,7-12,18H,3,6H2,1-2H3,(H2,23,24). The predicted molar refractivity (Wildman–Crippen MR) is 98.7 cm³/mol. The highest BCUT2D eigenvalue weighted by atomic mass is 19.3. The first-order valence-corrected chi connectivity index (χ1v) is 8.67. The lowest BCUT2D eigenvalue weighted by Gasteiger charge is -2.28. The number of nitrogens with zero attached hydrogens (tertiary/aromatic N) is 2. The molecule has 0 radical (unpaired) electrons. The molecule has 3 rings (SSSR count). The Bertz CT molecular complexity index is 868. The molecule has 1 atom stereocenters. The van der Waals surface area contributed by atoms with Gasteiger partial charge in [0.15, 0.2) is 11.5 Å². The molecule has 1 heterocycles. The average Bonchev–Trinajstić information content (AvgIpc) is 2.87. The van der Waals surface area contributed by atoms with E-state index in [1.165, 1.54) is 17.0 Å². The van der Waals surface area contributed by atoms with Gasteiger partial charge in [0.2, 0.25) is 0 Å². The molecule has 2 aromatic carbocycles. The molecule has 0 saturated heterocycles. The molecule has 1 aliphatic heterocycles. The normalized spacial score (nSPS) is 19.5. The molecule has 0 saturated carbocycles. The third-order valence-electron chi connectivity index (χ3n) is 4.66. The minimum atomic E-state index is -2.91. The molecule has 5 nitrogen and oxygen atoms in total. The van der Waals surface area contributed by atoms with E-state index in [0.717, 1.165) is 24.0 Å². The van der Waals surface area contributed by atoms with Gasteiger partial charge in [0.25, 0.3) is 5.91 Å². The van der Waals surface area contributed by atoms with Crippen LogP contribution in [0.5, 0.6) is 5.75 Å². The van der Waals surface area contributed by atoms with Crippen molar-refractivity contribution in [2.75, 3.05) is 7.05 Å². The van der Waals surface area contributed by atoms with E-state index in [1.54, 1.807) is 19.2 Å². The second kappa shape index (κ2) is 7.34. The largest absolute Gasteiger partial charge is 0.435 e. The molecule has 27 heavy (non-hydrogen) atoms. The maximum absolute atomic E-state index is 13.2. The first-order valence-electron chi connectivity index (χ1n) is 8.67. The fraction of sp³-hybridized carbons (Fsp3) is 0.300. The summed E-state index contributed by atoms with van der Waals surface area (Å²) in [4.78, 5) is 19.1. The van der Waals surface area contributed by atoms with E-state index in [4.69, 9.17) is 5.73 Å². The molecular weight excluding hydrogens is 352 g/mol. The Labute approximate surface area is 156 Å². The van der Waals surface area contributed by atoms with Crippen LogP contribution in [-0.2, 0) is 16.8 Å². The van der Waals surface area contributed by atoms with Crippen LogP contribution in [-0.4, -0.2) is 30.4 Å². The van der Waals surface area contributed by atoms with Crippen molar-refractivity contribution in [3.63, 3.8) is 0 Å². The molecule has 1 amide bonds. The number of benzene rings is 2. The quantitative estimate of drug-likeness (QED) is 0.845. The molecule has 7 heteroatoms. The molecule has 2 aromatic rings. The van der Waals surface area contributed by atoms with Crippen LogP contribution in [0, 0.1) is 0 Å². The highest BCUT2D eigenvalue weighted by Gasteiger charge is 2.50. The number of guanidine groups is 1. The van der Waals surface area contributed by atoms with Crippen LogP contribution in [0.1, 0.15) is 30.0 Å². The van der Waals surface area contributed by atoms with E-state index in [-0.39, 0.29) is 17.6 Å². The lowest BCUT2D eigenvalue weighted by Crippen LogP contribution is -2.41. The van der Waals surface area contributed by atoms with Crippen molar-refractivity contribution >= 4 is 11.9 Å². The fourth-order valence-electron chi connectivity index (χ4n) is 3.40. The summed E-state index contributed by atoms with van der Waals surface area (Å²) >= 11 is 0. The highest BCUT2D eigenvalue weighted by Crippen LogP contribution is 2.41. The van der Waals surface area contributed by atoms with Gasteiger partial charge in [0.1, 0.15) is 5.75 Å². The zero-order valence-electron chi connectivity index (χ0n) is 15.2. The lowest BCUT2D eigenvalue weighted by molar-refractivity contribution is -0.129. The zero-order chi connectivity index (χ0) is 19.6. The van der Waals surface area contributed by atoms with Crippen LogP contribution in [0.15, 0.2) is 53.5 Å². The fourth-order valence-corrected chi connectivity index (χ4v) is 3.40. The Kier molecular flexibility index (Phi) is 5.12. The summed E-state index contributed by atoms with van der Waals surface area (Å²) in [6.45, 7) is -0.858. The van der Waals surface area contributed by atoms with Gasteiger partial charge in [-0.15, -0.1) is 0 Å². The molecule has 1 unspecified atom stereocenters. The molecular formula is C20H21F2N3O2. The van der Waals surface area contributed by atoms with E-state index in [0.29, 0.717) is 5.56 Å². The van der Waals surface area contributed by atoms with Crippen LogP contribution < -0.4 is 10.5 Å². The highest BCUT2D eigenvalue weighted by molar-refractivity contribution is 6.09. The van der Waals surface area contributed by atoms with E-state index in [2.05, 4.69) is 16.7 Å². The Hall–Kier alpha value is -2.96. The number of halogens is 2. The van der Waals surface area contributed by atoms with Crippen molar-refractivity contribution in [2.45, 2.75) is 31.9 Å².